The number of nitrogens with one attached hydrogen (secondary N) is 2. The molecule has 3 rings (SSSR count). The van der Waals surface area contributed by atoms with Crippen LogP contribution in [0, 0.1) is 25.5 Å². The number of hydrogen-bond acceptors (Lipinski definition) is 3. The number of benzene rings is 2. The summed E-state index contributed by atoms with van der Waals surface area (Å²) in [6.45, 7) is 7.35. The molecule has 0 amide bonds. The van der Waals surface area contributed by atoms with Gasteiger partial charge in [-0.05, 0) is 43.2 Å². The number of H-pyrrole nitrogens is 1. The fraction of sp³-hybridized carbons (Fsp3) is 0.182. The molecule has 0 fully saturated rings. The first-order valence-corrected chi connectivity index (χ1v) is 9.07. The lowest BCUT2D eigenvalue weighted by Crippen LogP contribution is -2.29. The number of hydrogen-bond donors (Lipinski definition) is 3. The molecule has 3 N–H and O–H groups in total. The Kier molecular flexibility index (Phi) is 6.19. The fourth-order valence-corrected chi connectivity index (χ4v) is 3.00. The molecule has 0 saturated heterocycles. The summed E-state index contributed by atoms with van der Waals surface area (Å²) >= 11 is 0. The predicted molar refractivity (Wildman–Crippen MR) is 109 cm³/mol. The molecule has 3 aromatic rings. The minimum absolute atomic E-state index is 0.220. The summed E-state index contributed by atoms with van der Waals surface area (Å²) in [6.07, 6.45) is 0. The first-order chi connectivity index (χ1) is 13.9. The van der Waals surface area contributed by atoms with Gasteiger partial charge in [0.2, 0.25) is 0 Å². The highest BCUT2D eigenvalue weighted by Crippen LogP contribution is 2.24. The van der Waals surface area contributed by atoms with Crippen LogP contribution in [-0.2, 0) is 0 Å². The van der Waals surface area contributed by atoms with E-state index in [1.807, 2.05) is 6.92 Å². The number of halogens is 2. The molecule has 0 radical (unpaired) electrons. The van der Waals surface area contributed by atoms with Crippen molar-refractivity contribution in [3.05, 3.63) is 94.8 Å². The maximum Gasteiger partial charge on any atom is 0.175 e. The Balaban J connectivity index is 1.99. The van der Waals surface area contributed by atoms with Crippen molar-refractivity contribution < 1.29 is 13.9 Å². The second-order valence-electron chi connectivity index (χ2n) is 6.74. The fourth-order valence-electron chi connectivity index (χ4n) is 3.00. The summed E-state index contributed by atoms with van der Waals surface area (Å²) in [5, 5.41) is 19.8. The van der Waals surface area contributed by atoms with E-state index in [0.29, 0.717) is 22.6 Å². The van der Waals surface area contributed by atoms with Crippen molar-refractivity contribution in [2.75, 3.05) is 6.61 Å². The van der Waals surface area contributed by atoms with Crippen molar-refractivity contribution in [1.82, 2.24) is 15.5 Å². The lowest BCUT2D eigenvalue weighted by atomic mass is 9.96. The zero-order valence-electron chi connectivity index (χ0n) is 16.2. The molecule has 5 nitrogen and oxygen atoms in total. The van der Waals surface area contributed by atoms with E-state index in [2.05, 4.69) is 27.1 Å². The van der Waals surface area contributed by atoms with E-state index in [0.717, 1.165) is 5.69 Å². The Bertz CT molecular complexity index is 1020. The van der Waals surface area contributed by atoms with Gasteiger partial charge in [0.15, 0.2) is 5.82 Å². The second kappa shape index (κ2) is 8.79. The molecular weight excluding hydrogens is 374 g/mol. The van der Waals surface area contributed by atoms with Crippen molar-refractivity contribution in [2.24, 2.45) is 4.99 Å². The van der Waals surface area contributed by atoms with E-state index in [-0.39, 0.29) is 23.8 Å². The van der Waals surface area contributed by atoms with Crippen LogP contribution in [0.25, 0.3) is 0 Å². The number of amidine groups is 1. The minimum atomic E-state index is -0.534. The van der Waals surface area contributed by atoms with E-state index in [1.54, 1.807) is 37.3 Å². The Morgan fingerprint density at radius 3 is 2.52 bits per heavy atom. The summed E-state index contributed by atoms with van der Waals surface area (Å²) in [7, 11) is 0. The molecule has 29 heavy (non-hydrogen) atoms. The number of aryl methyl sites for hydroxylation is 2. The van der Waals surface area contributed by atoms with Crippen molar-refractivity contribution in [3.8, 4) is 0 Å². The zero-order valence-corrected chi connectivity index (χ0v) is 16.2. The monoisotopic (exact) mass is 396 g/mol. The maximum atomic E-state index is 14.6. The van der Waals surface area contributed by atoms with Gasteiger partial charge in [-0.3, -0.25) is 5.10 Å². The molecule has 0 aliphatic carbocycles. The number of aliphatic hydroxyl groups is 1. The average Bonchev–Trinajstić information content (AvgIpc) is 3.08. The van der Waals surface area contributed by atoms with Gasteiger partial charge in [-0.1, -0.05) is 30.8 Å². The summed E-state index contributed by atoms with van der Waals surface area (Å²) in [5.74, 6) is -0.755. The second-order valence-corrected chi connectivity index (χ2v) is 6.74. The molecule has 1 atom stereocenters. The number of nitrogens with zero attached hydrogens (tertiary/aromatic N) is 2. The molecular formula is C22H22F2N4O. The van der Waals surface area contributed by atoms with E-state index in [1.165, 1.54) is 18.2 Å². The van der Waals surface area contributed by atoms with Crippen molar-refractivity contribution in [1.29, 1.82) is 0 Å². The van der Waals surface area contributed by atoms with E-state index in [4.69, 9.17) is 0 Å². The van der Waals surface area contributed by atoms with Gasteiger partial charge in [-0.2, -0.15) is 5.10 Å². The smallest absolute Gasteiger partial charge is 0.175 e. The van der Waals surface area contributed by atoms with Crippen LogP contribution < -0.4 is 5.32 Å². The average molecular weight is 396 g/mol. The zero-order chi connectivity index (χ0) is 21.0. The van der Waals surface area contributed by atoms with Crippen molar-refractivity contribution in [2.45, 2.75) is 19.8 Å². The molecule has 2 aromatic carbocycles. The van der Waals surface area contributed by atoms with E-state index in [9.17, 15) is 13.9 Å². The van der Waals surface area contributed by atoms with Crippen LogP contribution in [0.3, 0.4) is 0 Å². The lowest BCUT2D eigenvalue weighted by Gasteiger charge is -2.21. The standard InChI is InChI=1S/C22H22F2N4O/c1-13-5-4-6-19(24)21(13)22(26-20-11-14(2)27-28-20)25-15(3)18(12-29)16-7-9-17(23)10-8-16/h4-11,18,29H,3,12H2,1-2H3,(H2,25,26,27,28). The van der Waals surface area contributed by atoms with Gasteiger partial charge in [0, 0.05) is 23.4 Å². The van der Waals surface area contributed by atoms with Crippen LogP contribution in [0.1, 0.15) is 28.3 Å². The molecule has 0 spiro atoms. The summed E-state index contributed by atoms with van der Waals surface area (Å²) in [4.78, 5) is 4.46. The third-order valence-electron chi connectivity index (χ3n) is 4.53. The van der Waals surface area contributed by atoms with Crippen LogP contribution in [-0.4, -0.2) is 27.7 Å². The van der Waals surface area contributed by atoms with Gasteiger partial charge in [0.25, 0.3) is 0 Å². The Morgan fingerprint density at radius 2 is 1.93 bits per heavy atom. The quantitative estimate of drug-likeness (QED) is 0.431. The highest BCUT2D eigenvalue weighted by atomic mass is 19.1. The molecule has 1 heterocycles. The molecule has 1 unspecified atom stereocenters. The molecule has 7 heteroatoms. The Labute approximate surface area is 167 Å². The van der Waals surface area contributed by atoms with Gasteiger partial charge in [-0.15, -0.1) is 0 Å². The highest BCUT2D eigenvalue weighted by Gasteiger charge is 2.20. The first-order valence-electron chi connectivity index (χ1n) is 9.07. The summed E-state index contributed by atoms with van der Waals surface area (Å²) < 4.78 is 27.9. The van der Waals surface area contributed by atoms with Gasteiger partial charge >= 0.3 is 0 Å². The molecule has 0 aliphatic rings. The minimum Gasteiger partial charge on any atom is -0.395 e. The Morgan fingerprint density at radius 1 is 1.21 bits per heavy atom. The number of aliphatic imine (C=N–C) groups is 1. The van der Waals surface area contributed by atoms with Gasteiger partial charge < -0.3 is 10.4 Å². The van der Waals surface area contributed by atoms with Crippen LogP contribution >= 0.6 is 0 Å². The lowest BCUT2D eigenvalue weighted by molar-refractivity contribution is 0.277. The molecule has 0 bridgehead atoms. The number of rotatable bonds is 6. The molecule has 0 aliphatic heterocycles. The highest BCUT2D eigenvalue weighted by molar-refractivity contribution is 6.02. The van der Waals surface area contributed by atoms with Crippen molar-refractivity contribution in [3.63, 3.8) is 0 Å². The van der Waals surface area contributed by atoms with Crippen molar-refractivity contribution >= 4 is 11.7 Å². The van der Waals surface area contributed by atoms with Crippen LogP contribution in [0.2, 0.25) is 0 Å². The van der Waals surface area contributed by atoms with E-state index >= 15 is 0 Å². The van der Waals surface area contributed by atoms with Gasteiger partial charge in [0.1, 0.15) is 17.5 Å². The normalized spacial score (nSPS) is 12.7. The molecule has 1 aromatic heterocycles. The van der Waals surface area contributed by atoms with E-state index < -0.39 is 11.7 Å². The van der Waals surface area contributed by atoms with Gasteiger partial charge in [-0.25, -0.2) is 13.8 Å². The topological polar surface area (TPSA) is 73.3 Å². The summed E-state index contributed by atoms with van der Waals surface area (Å²) in [6, 6.07) is 12.2. The number of aromatic nitrogens is 2. The predicted octanol–water partition coefficient (Wildman–Crippen LogP) is 4.26. The number of aromatic amines is 1. The molecule has 150 valence electrons. The Hall–Kier alpha value is -3.32. The van der Waals surface area contributed by atoms with Crippen LogP contribution in [0.15, 0.2) is 65.8 Å². The number of aliphatic hydroxyl groups excluding tert-OH is 1. The van der Waals surface area contributed by atoms with Crippen LogP contribution in [0.4, 0.5) is 14.6 Å². The molecule has 0 saturated carbocycles. The first kappa shape index (κ1) is 20.4. The van der Waals surface area contributed by atoms with Gasteiger partial charge in [0.05, 0.1) is 12.2 Å². The largest absolute Gasteiger partial charge is 0.395 e. The van der Waals surface area contributed by atoms with Crippen LogP contribution in [0.5, 0.6) is 0 Å². The third-order valence-corrected chi connectivity index (χ3v) is 4.53. The maximum absolute atomic E-state index is 14.6. The SMILES string of the molecule is C=C(NC(=Nc1cc(C)[nH]n1)c1c(C)cccc1F)C(CO)c1ccc(F)cc1. The summed E-state index contributed by atoms with van der Waals surface area (Å²) in [5.41, 5.74) is 2.84. The third kappa shape index (κ3) is 4.75.